The minimum Gasteiger partial charge on any atom is -0.481 e. The van der Waals surface area contributed by atoms with E-state index in [9.17, 15) is 14.4 Å². The molecule has 0 spiro atoms. The summed E-state index contributed by atoms with van der Waals surface area (Å²) in [6.45, 7) is 1.74. The van der Waals surface area contributed by atoms with Gasteiger partial charge in [-0.2, -0.15) is 0 Å². The van der Waals surface area contributed by atoms with Gasteiger partial charge in [0.05, 0.1) is 6.42 Å². The Morgan fingerprint density at radius 2 is 1.89 bits per heavy atom. The van der Waals surface area contributed by atoms with E-state index < -0.39 is 11.9 Å². The summed E-state index contributed by atoms with van der Waals surface area (Å²) in [6.07, 6.45) is -0.203. The van der Waals surface area contributed by atoms with E-state index in [0.29, 0.717) is 16.7 Å². The van der Waals surface area contributed by atoms with Crippen molar-refractivity contribution in [3.8, 4) is 0 Å². The highest BCUT2D eigenvalue weighted by Gasteiger charge is 2.14. The standard InChI is InChI=1S/C13H15NO4/c1-8-3-2-4-9(12(8)13(14)18)7-10(15)5-6-11(16)17/h2-4H,5-7H2,1H3,(H2,14,18)(H,16,17). The van der Waals surface area contributed by atoms with Gasteiger partial charge in [0, 0.05) is 18.4 Å². The van der Waals surface area contributed by atoms with E-state index in [0.717, 1.165) is 0 Å². The molecular formula is C13H15NO4. The van der Waals surface area contributed by atoms with E-state index in [1.165, 1.54) is 0 Å². The molecule has 0 bridgehead atoms. The summed E-state index contributed by atoms with van der Waals surface area (Å²) in [6, 6.07) is 5.14. The predicted molar refractivity (Wildman–Crippen MR) is 65.3 cm³/mol. The molecule has 0 aromatic heterocycles. The molecule has 18 heavy (non-hydrogen) atoms. The molecule has 1 amide bonds. The van der Waals surface area contributed by atoms with Gasteiger partial charge in [-0.1, -0.05) is 18.2 Å². The Hall–Kier alpha value is -2.17. The van der Waals surface area contributed by atoms with Crippen LogP contribution in [0.15, 0.2) is 18.2 Å². The molecule has 0 fully saturated rings. The Bertz CT molecular complexity index is 494. The second-order valence-corrected chi connectivity index (χ2v) is 4.08. The number of rotatable bonds is 6. The number of carboxylic acid groups (broad SMARTS) is 1. The summed E-state index contributed by atoms with van der Waals surface area (Å²) in [5, 5.41) is 8.49. The molecule has 5 nitrogen and oxygen atoms in total. The third-order valence-electron chi connectivity index (χ3n) is 2.61. The first kappa shape index (κ1) is 13.9. The number of aryl methyl sites for hydroxylation is 1. The highest BCUT2D eigenvalue weighted by molar-refractivity contribution is 5.97. The highest BCUT2D eigenvalue weighted by Crippen LogP contribution is 2.15. The number of benzene rings is 1. The van der Waals surface area contributed by atoms with Crippen molar-refractivity contribution in [2.24, 2.45) is 5.73 Å². The lowest BCUT2D eigenvalue weighted by Crippen LogP contribution is -2.17. The Morgan fingerprint density at radius 3 is 2.44 bits per heavy atom. The van der Waals surface area contributed by atoms with Crippen molar-refractivity contribution in [2.75, 3.05) is 0 Å². The van der Waals surface area contributed by atoms with E-state index >= 15 is 0 Å². The van der Waals surface area contributed by atoms with Crippen LogP contribution >= 0.6 is 0 Å². The minimum absolute atomic E-state index is 0.0350. The number of nitrogens with two attached hydrogens (primary N) is 1. The second-order valence-electron chi connectivity index (χ2n) is 4.08. The fraction of sp³-hybridized carbons (Fsp3) is 0.308. The number of carbonyl (C=O) groups is 3. The van der Waals surface area contributed by atoms with Gasteiger partial charge in [-0.3, -0.25) is 14.4 Å². The number of hydrogen-bond acceptors (Lipinski definition) is 3. The van der Waals surface area contributed by atoms with Gasteiger partial charge < -0.3 is 10.8 Å². The molecule has 0 radical (unpaired) electrons. The molecule has 96 valence electrons. The van der Waals surface area contributed by atoms with Crippen molar-refractivity contribution in [1.82, 2.24) is 0 Å². The summed E-state index contributed by atoms with van der Waals surface area (Å²) in [5.41, 5.74) is 6.88. The predicted octanol–water partition coefficient (Wildman–Crippen LogP) is 1.07. The summed E-state index contributed by atoms with van der Waals surface area (Å²) in [4.78, 5) is 33.3. The Labute approximate surface area is 105 Å². The highest BCUT2D eigenvalue weighted by atomic mass is 16.4. The zero-order valence-corrected chi connectivity index (χ0v) is 10.1. The summed E-state index contributed by atoms with van der Waals surface area (Å²) in [5.74, 6) is -1.80. The number of hydrogen-bond donors (Lipinski definition) is 2. The number of amides is 1. The van der Waals surface area contributed by atoms with Crippen molar-refractivity contribution in [3.63, 3.8) is 0 Å². The number of ketones is 1. The third kappa shape index (κ3) is 3.69. The fourth-order valence-electron chi connectivity index (χ4n) is 1.78. The van der Waals surface area contributed by atoms with Gasteiger partial charge in [0.1, 0.15) is 5.78 Å². The van der Waals surface area contributed by atoms with Gasteiger partial charge in [0.25, 0.3) is 0 Å². The monoisotopic (exact) mass is 249 g/mol. The van der Waals surface area contributed by atoms with Crippen molar-refractivity contribution in [3.05, 3.63) is 34.9 Å². The van der Waals surface area contributed by atoms with E-state index in [-0.39, 0.29) is 25.0 Å². The first-order chi connectivity index (χ1) is 8.41. The number of carboxylic acids is 1. The van der Waals surface area contributed by atoms with Gasteiger partial charge in [0.2, 0.25) is 5.91 Å². The molecule has 0 saturated heterocycles. The molecule has 5 heteroatoms. The van der Waals surface area contributed by atoms with Crippen LogP contribution in [-0.2, 0) is 16.0 Å². The average molecular weight is 249 g/mol. The van der Waals surface area contributed by atoms with E-state index in [1.54, 1.807) is 25.1 Å². The van der Waals surface area contributed by atoms with E-state index in [1.807, 2.05) is 0 Å². The van der Waals surface area contributed by atoms with Crippen molar-refractivity contribution >= 4 is 17.7 Å². The molecule has 1 aromatic carbocycles. The minimum atomic E-state index is -1.01. The van der Waals surface area contributed by atoms with Gasteiger partial charge in [-0.25, -0.2) is 0 Å². The summed E-state index contributed by atoms with van der Waals surface area (Å²) >= 11 is 0. The zero-order chi connectivity index (χ0) is 13.7. The van der Waals surface area contributed by atoms with Gasteiger partial charge in [-0.05, 0) is 18.1 Å². The molecule has 3 N–H and O–H groups in total. The number of aliphatic carboxylic acids is 1. The third-order valence-corrected chi connectivity index (χ3v) is 2.61. The van der Waals surface area contributed by atoms with Crippen LogP contribution in [0.2, 0.25) is 0 Å². The Morgan fingerprint density at radius 1 is 1.22 bits per heavy atom. The van der Waals surface area contributed by atoms with E-state index in [2.05, 4.69) is 0 Å². The largest absolute Gasteiger partial charge is 0.481 e. The molecule has 1 aromatic rings. The molecule has 0 aliphatic carbocycles. The van der Waals surface area contributed by atoms with Crippen molar-refractivity contribution in [1.29, 1.82) is 0 Å². The number of primary amides is 1. The van der Waals surface area contributed by atoms with Crippen LogP contribution in [0, 0.1) is 6.92 Å². The second kappa shape index (κ2) is 5.95. The normalized spacial score (nSPS) is 10.1. The van der Waals surface area contributed by atoms with Crippen LogP contribution in [0.25, 0.3) is 0 Å². The lowest BCUT2D eigenvalue weighted by Gasteiger charge is -2.08. The van der Waals surface area contributed by atoms with Gasteiger partial charge in [-0.15, -0.1) is 0 Å². The zero-order valence-electron chi connectivity index (χ0n) is 10.1. The fourth-order valence-corrected chi connectivity index (χ4v) is 1.78. The summed E-state index contributed by atoms with van der Waals surface area (Å²) in [7, 11) is 0. The van der Waals surface area contributed by atoms with Crippen molar-refractivity contribution in [2.45, 2.75) is 26.2 Å². The summed E-state index contributed by atoms with van der Waals surface area (Å²) < 4.78 is 0. The van der Waals surface area contributed by atoms with Crippen LogP contribution in [-0.4, -0.2) is 22.8 Å². The van der Waals surface area contributed by atoms with E-state index in [4.69, 9.17) is 10.8 Å². The molecule has 1 rings (SSSR count). The molecule has 0 saturated carbocycles. The molecule has 0 atom stereocenters. The maximum atomic E-state index is 11.6. The van der Waals surface area contributed by atoms with Crippen molar-refractivity contribution < 1.29 is 19.5 Å². The van der Waals surface area contributed by atoms with Gasteiger partial charge >= 0.3 is 5.97 Å². The lowest BCUT2D eigenvalue weighted by molar-refractivity contribution is -0.138. The maximum Gasteiger partial charge on any atom is 0.303 e. The Kier molecular flexibility index (Phi) is 4.59. The van der Waals surface area contributed by atoms with Crippen LogP contribution in [0.4, 0.5) is 0 Å². The molecule has 0 aliphatic rings. The van der Waals surface area contributed by atoms with Gasteiger partial charge in [0.15, 0.2) is 0 Å². The molecule has 0 unspecified atom stereocenters. The van der Waals surface area contributed by atoms with Crippen LogP contribution in [0.5, 0.6) is 0 Å². The van der Waals surface area contributed by atoms with Crippen LogP contribution < -0.4 is 5.73 Å². The topological polar surface area (TPSA) is 97.5 Å². The van der Waals surface area contributed by atoms with Crippen LogP contribution in [0.1, 0.15) is 34.3 Å². The molecule has 0 heterocycles. The van der Waals surface area contributed by atoms with Crippen LogP contribution in [0.3, 0.4) is 0 Å². The molecular weight excluding hydrogens is 234 g/mol. The SMILES string of the molecule is Cc1cccc(CC(=O)CCC(=O)O)c1C(N)=O. The first-order valence-corrected chi connectivity index (χ1v) is 5.53. The average Bonchev–Trinajstić information content (AvgIpc) is 2.26. The Balaban J connectivity index is 2.84. The molecule has 0 aliphatic heterocycles. The maximum absolute atomic E-state index is 11.6. The smallest absolute Gasteiger partial charge is 0.303 e. The quantitative estimate of drug-likeness (QED) is 0.787. The lowest BCUT2D eigenvalue weighted by atomic mass is 9.96. The number of carbonyl (C=O) groups excluding carboxylic acids is 2. The number of Topliss-reactive ketones (excluding diaryl/α,β-unsaturated/α-hetero) is 1. The first-order valence-electron chi connectivity index (χ1n) is 5.53.